The standard InChI is InChI=1S/C22H25ClF3N5O2/c1-12(14-8-15(22(24,25)26)10-16(27)9-14)28-19-17-2-5-31(20(32)13-4-7-33-11-13)6-3-18(17)29-21(23)30-19/h8-10,12-13H,2-7,11,27H2,1H3,(H,28,29,30)/t12-,13?/m1/s1. The smallest absolute Gasteiger partial charge is 0.399 e. The largest absolute Gasteiger partial charge is 0.416 e. The molecule has 1 aromatic carbocycles. The minimum atomic E-state index is -4.50. The van der Waals surface area contributed by atoms with Crippen LogP contribution in [0.2, 0.25) is 5.28 Å². The molecule has 1 amide bonds. The van der Waals surface area contributed by atoms with E-state index in [0.29, 0.717) is 50.5 Å². The Morgan fingerprint density at radius 3 is 2.73 bits per heavy atom. The fraction of sp³-hybridized carbons (Fsp3) is 0.500. The van der Waals surface area contributed by atoms with Gasteiger partial charge < -0.3 is 20.7 Å². The summed E-state index contributed by atoms with van der Waals surface area (Å²) in [6.45, 7) is 3.77. The lowest BCUT2D eigenvalue weighted by Gasteiger charge is -2.23. The van der Waals surface area contributed by atoms with Gasteiger partial charge in [-0.15, -0.1) is 0 Å². The van der Waals surface area contributed by atoms with Gasteiger partial charge in [0.1, 0.15) is 5.82 Å². The number of ether oxygens (including phenoxy) is 1. The Balaban J connectivity index is 1.56. The second-order valence-corrected chi connectivity index (χ2v) is 8.74. The van der Waals surface area contributed by atoms with E-state index in [9.17, 15) is 18.0 Å². The predicted molar refractivity (Wildman–Crippen MR) is 118 cm³/mol. The lowest BCUT2D eigenvalue weighted by molar-refractivity contribution is -0.137. The molecule has 0 bridgehead atoms. The number of hydrogen-bond donors (Lipinski definition) is 2. The van der Waals surface area contributed by atoms with Gasteiger partial charge in [-0.1, -0.05) is 0 Å². The molecule has 0 radical (unpaired) electrons. The molecule has 2 atom stereocenters. The van der Waals surface area contributed by atoms with Crippen LogP contribution >= 0.6 is 11.6 Å². The summed E-state index contributed by atoms with van der Waals surface area (Å²) in [5, 5.41) is 3.22. The number of carbonyl (C=O) groups excluding carboxylic acids is 1. The molecule has 0 saturated carbocycles. The van der Waals surface area contributed by atoms with Gasteiger partial charge in [-0.05, 0) is 55.1 Å². The third kappa shape index (κ3) is 5.33. The van der Waals surface area contributed by atoms with Gasteiger partial charge >= 0.3 is 6.18 Å². The average molecular weight is 484 g/mol. The van der Waals surface area contributed by atoms with E-state index in [-0.39, 0.29) is 22.8 Å². The Labute approximate surface area is 194 Å². The highest BCUT2D eigenvalue weighted by Crippen LogP contribution is 2.34. The number of hydrogen-bond acceptors (Lipinski definition) is 6. The molecule has 7 nitrogen and oxygen atoms in total. The Bertz CT molecular complexity index is 1040. The van der Waals surface area contributed by atoms with Crippen molar-refractivity contribution < 1.29 is 22.7 Å². The fourth-order valence-electron chi connectivity index (χ4n) is 4.28. The number of nitrogens with two attached hydrogens (primary N) is 1. The van der Waals surface area contributed by atoms with Gasteiger partial charge in [-0.2, -0.15) is 13.2 Å². The van der Waals surface area contributed by atoms with Crippen LogP contribution in [0.5, 0.6) is 0 Å². The first-order valence-electron chi connectivity index (χ1n) is 10.8. The van der Waals surface area contributed by atoms with Crippen molar-refractivity contribution in [2.24, 2.45) is 5.92 Å². The second kappa shape index (κ2) is 9.34. The third-order valence-electron chi connectivity index (χ3n) is 6.06. The molecule has 3 N–H and O–H groups in total. The molecule has 1 fully saturated rings. The maximum Gasteiger partial charge on any atom is 0.416 e. The van der Waals surface area contributed by atoms with Crippen molar-refractivity contribution in [2.45, 2.75) is 38.4 Å². The number of nitrogens with zero attached hydrogens (tertiary/aromatic N) is 3. The van der Waals surface area contributed by atoms with Crippen LogP contribution in [-0.2, 0) is 28.5 Å². The topological polar surface area (TPSA) is 93.4 Å². The maximum atomic E-state index is 13.2. The van der Waals surface area contributed by atoms with E-state index >= 15 is 0 Å². The molecule has 2 aliphatic rings. The highest BCUT2D eigenvalue weighted by Gasteiger charge is 2.32. The lowest BCUT2D eigenvalue weighted by Crippen LogP contribution is -2.38. The Kier molecular flexibility index (Phi) is 6.67. The van der Waals surface area contributed by atoms with Gasteiger partial charge in [0, 0.05) is 37.4 Å². The molecular weight excluding hydrogens is 459 g/mol. The van der Waals surface area contributed by atoms with Crippen LogP contribution < -0.4 is 11.1 Å². The van der Waals surface area contributed by atoms with Crippen molar-refractivity contribution in [1.29, 1.82) is 0 Å². The first-order chi connectivity index (χ1) is 15.6. The normalized spacial score (nSPS) is 19.7. The summed E-state index contributed by atoms with van der Waals surface area (Å²) in [7, 11) is 0. The number of fused-ring (bicyclic) bond motifs is 1. The van der Waals surface area contributed by atoms with Crippen LogP contribution in [-0.4, -0.2) is 47.1 Å². The molecule has 3 heterocycles. The van der Waals surface area contributed by atoms with Crippen LogP contribution in [0.4, 0.5) is 24.7 Å². The van der Waals surface area contributed by atoms with Crippen LogP contribution in [0.1, 0.15) is 41.8 Å². The zero-order valence-electron chi connectivity index (χ0n) is 18.1. The van der Waals surface area contributed by atoms with Crippen LogP contribution in [0.3, 0.4) is 0 Å². The molecule has 2 aliphatic heterocycles. The van der Waals surface area contributed by atoms with Gasteiger partial charge in [0.2, 0.25) is 11.2 Å². The van der Waals surface area contributed by atoms with Gasteiger partial charge in [0.05, 0.1) is 29.8 Å². The van der Waals surface area contributed by atoms with Crippen LogP contribution in [0.15, 0.2) is 18.2 Å². The van der Waals surface area contributed by atoms with Crippen molar-refractivity contribution in [3.8, 4) is 0 Å². The molecule has 33 heavy (non-hydrogen) atoms. The summed E-state index contributed by atoms with van der Waals surface area (Å²) in [4.78, 5) is 23.3. The van der Waals surface area contributed by atoms with Crippen molar-refractivity contribution in [3.05, 3.63) is 45.9 Å². The Morgan fingerprint density at radius 2 is 2.03 bits per heavy atom. The number of alkyl halides is 3. The van der Waals surface area contributed by atoms with E-state index < -0.39 is 17.8 Å². The van der Waals surface area contributed by atoms with E-state index in [1.807, 2.05) is 4.90 Å². The van der Waals surface area contributed by atoms with Crippen molar-refractivity contribution in [1.82, 2.24) is 14.9 Å². The minimum Gasteiger partial charge on any atom is -0.399 e. The number of amides is 1. The molecular formula is C22H25ClF3N5O2. The van der Waals surface area contributed by atoms with E-state index in [4.69, 9.17) is 22.1 Å². The van der Waals surface area contributed by atoms with Gasteiger partial charge in [0.15, 0.2) is 0 Å². The summed E-state index contributed by atoms with van der Waals surface area (Å²) < 4.78 is 45.0. The molecule has 4 rings (SSSR count). The van der Waals surface area contributed by atoms with Crippen molar-refractivity contribution in [2.75, 3.05) is 37.4 Å². The molecule has 2 aromatic rings. The zero-order chi connectivity index (χ0) is 23.8. The van der Waals surface area contributed by atoms with Gasteiger partial charge in [0.25, 0.3) is 0 Å². The number of nitrogen functional groups attached to an aromatic ring is 1. The molecule has 178 valence electrons. The van der Waals surface area contributed by atoms with Gasteiger partial charge in [-0.25, -0.2) is 9.97 Å². The number of nitrogens with one attached hydrogen (secondary N) is 1. The van der Waals surface area contributed by atoms with Crippen molar-refractivity contribution in [3.63, 3.8) is 0 Å². The molecule has 1 saturated heterocycles. The number of halogens is 4. The first-order valence-corrected chi connectivity index (χ1v) is 11.2. The highest BCUT2D eigenvalue weighted by atomic mass is 35.5. The monoisotopic (exact) mass is 483 g/mol. The molecule has 11 heteroatoms. The van der Waals surface area contributed by atoms with Crippen LogP contribution in [0, 0.1) is 5.92 Å². The number of anilines is 2. The van der Waals surface area contributed by atoms with Gasteiger partial charge in [-0.3, -0.25) is 4.79 Å². The lowest BCUT2D eigenvalue weighted by atomic mass is 10.0. The number of rotatable bonds is 4. The van der Waals surface area contributed by atoms with E-state index in [2.05, 4.69) is 15.3 Å². The third-order valence-corrected chi connectivity index (χ3v) is 6.23. The predicted octanol–water partition coefficient (Wildman–Crippen LogP) is 3.87. The SMILES string of the molecule is C[C@@H](Nc1nc(Cl)nc2c1CCN(C(=O)C1CCOC1)CC2)c1cc(N)cc(C(F)(F)F)c1. The molecule has 0 aliphatic carbocycles. The molecule has 1 unspecified atom stereocenters. The van der Waals surface area contributed by atoms with E-state index in [0.717, 1.165) is 29.8 Å². The number of aromatic nitrogens is 2. The highest BCUT2D eigenvalue weighted by molar-refractivity contribution is 6.28. The molecule has 1 aromatic heterocycles. The fourth-order valence-corrected chi connectivity index (χ4v) is 4.46. The summed E-state index contributed by atoms with van der Waals surface area (Å²) in [6.07, 6.45) is -2.76. The second-order valence-electron chi connectivity index (χ2n) is 8.40. The number of carbonyl (C=O) groups is 1. The summed E-state index contributed by atoms with van der Waals surface area (Å²) >= 11 is 6.15. The Morgan fingerprint density at radius 1 is 1.27 bits per heavy atom. The van der Waals surface area contributed by atoms with Crippen molar-refractivity contribution >= 4 is 29.0 Å². The average Bonchev–Trinajstić information content (AvgIpc) is 3.20. The summed E-state index contributed by atoms with van der Waals surface area (Å²) in [5.41, 5.74) is 6.84. The maximum absolute atomic E-state index is 13.2. The summed E-state index contributed by atoms with van der Waals surface area (Å²) in [6, 6.07) is 2.95. The Hall–Kier alpha value is -2.59. The quantitative estimate of drug-likeness (QED) is 0.506. The zero-order valence-corrected chi connectivity index (χ0v) is 18.8. The molecule has 0 spiro atoms. The first kappa shape index (κ1) is 23.6. The van der Waals surface area contributed by atoms with Crippen LogP contribution in [0.25, 0.3) is 0 Å². The van der Waals surface area contributed by atoms with E-state index in [1.54, 1.807) is 6.92 Å². The van der Waals surface area contributed by atoms with E-state index in [1.165, 1.54) is 6.07 Å². The minimum absolute atomic E-state index is 0.0260. The summed E-state index contributed by atoms with van der Waals surface area (Å²) in [5.74, 6) is 0.401. The number of benzene rings is 1.